The zero-order valence-electron chi connectivity index (χ0n) is 9.68. The van der Waals surface area contributed by atoms with E-state index >= 15 is 0 Å². The lowest BCUT2D eigenvalue weighted by atomic mass is 10.2. The molecule has 1 heterocycles. The van der Waals surface area contributed by atoms with E-state index in [1.165, 1.54) is 12.3 Å². The summed E-state index contributed by atoms with van der Waals surface area (Å²) in [5.74, 6) is 0.373. The second-order valence-electron chi connectivity index (χ2n) is 3.70. The second kappa shape index (κ2) is 5.26. The zero-order valence-corrected chi connectivity index (χ0v) is 10.4. The Morgan fingerprint density at radius 3 is 2.63 bits per heavy atom. The number of nitrogen functional groups attached to an aromatic ring is 1. The molecule has 2 aromatic rings. The molecule has 0 atom stereocenters. The highest BCUT2D eigenvalue weighted by molar-refractivity contribution is 6.30. The predicted octanol–water partition coefficient (Wildman–Crippen LogP) is 2.80. The van der Waals surface area contributed by atoms with Crippen molar-refractivity contribution in [1.82, 2.24) is 4.98 Å². The summed E-state index contributed by atoms with van der Waals surface area (Å²) in [5.41, 5.74) is 7.41. The van der Waals surface area contributed by atoms with Crippen molar-refractivity contribution in [3.05, 3.63) is 46.6 Å². The van der Waals surface area contributed by atoms with Crippen molar-refractivity contribution in [2.45, 2.75) is 0 Å². The lowest BCUT2D eigenvalue weighted by molar-refractivity contribution is 1.29. The number of halogens is 1. The summed E-state index contributed by atoms with van der Waals surface area (Å²) in [6, 6.07) is 10.3. The first-order chi connectivity index (χ1) is 9.13. The summed E-state index contributed by atoms with van der Waals surface area (Å²) < 4.78 is 0. The van der Waals surface area contributed by atoms with Crippen LogP contribution in [0.1, 0.15) is 11.1 Å². The van der Waals surface area contributed by atoms with E-state index in [1.807, 2.05) is 12.1 Å². The molecule has 0 aliphatic rings. The Morgan fingerprint density at radius 2 is 2.00 bits per heavy atom. The molecule has 5 nitrogen and oxygen atoms in total. The molecule has 3 N–H and O–H groups in total. The van der Waals surface area contributed by atoms with Crippen LogP contribution in [0.15, 0.2) is 30.5 Å². The topological polar surface area (TPSA) is 98.5 Å². The highest BCUT2D eigenvalue weighted by atomic mass is 35.5. The minimum atomic E-state index is 0.322. The summed E-state index contributed by atoms with van der Waals surface area (Å²) in [6.45, 7) is 0. The average Bonchev–Trinajstić information content (AvgIpc) is 2.41. The van der Waals surface area contributed by atoms with Gasteiger partial charge < -0.3 is 11.1 Å². The van der Waals surface area contributed by atoms with Gasteiger partial charge in [-0.25, -0.2) is 4.98 Å². The normalized spacial score (nSPS) is 9.42. The fourth-order valence-corrected chi connectivity index (χ4v) is 1.66. The van der Waals surface area contributed by atoms with Crippen molar-refractivity contribution >= 4 is 28.8 Å². The monoisotopic (exact) mass is 269 g/mol. The third kappa shape index (κ3) is 2.74. The highest BCUT2D eigenvalue weighted by Crippen LogP contribution is 2.26. The number of benzene rings is 1. The largest absolute Gasteiger partial charge is 0.396 e. The number of pyridine rings is 1. The molecule has 1 aromatic carbocycles. The summed E-state index contributed by atoms with van der Waals surface area (Å²) >= 11 is 5.88. The van der Waals surface area contributed by atoms with Gasteiger partial charge in [0.05, 0.1) is 22.5 Å². The Balaban J connectivity index is 2.40. The number of nitrogens with one attached hydrogen (secondary N) is 1. The Morgan fingerprint density at radius 1 is 1.21 bits per heavy atom. The number of nitrogens with zero attached hydrogens (tertiary/aromatic N) is 3. The van der Waals surface area contributed by atoms with E-state index in [0.717, 1.165) is 0 Å². The predicted molar refractivity (Wildman–Crippen MR) is 72.8 cm³/mol. The van der Waals surface area contributed by atoms with E-state index in [-0.39, 0.29) is 0 Å². The third-order valence-electron chi connectivity index (χ3n) is 2.40. The van der Waals surface area contributed by atoms with E-state index in [0.29, 0.717) is 33.3 Å². The van der Waals surface area contributed by atoms with Gasteiger partial charge in [0.1, 0.15) is 12.1 Å². The van der Waals surface area contributed by atoms with Gasteiger partial charge in [-0.3, -0.25) is 0 Å². The summed E-state index contributed by atoms with van der Waals surface area (Å²) in [7, 11) is 0. The van der Waals surface area contributed by atoms with Crippen molar-refractivity contribution in [2.24, 2.45) is 0 Å². The molecule has 92 valence electrons. The Kier molecular flexibility index (Phi) is 3.51. The molecule has 6 heteroatoms. The molecule has 0 spiro atoms. The van der Waals surface area contributed by atoms with Gasteiger partial charge in [0, 0.05) is 11.2 Å². The molecule has 0 fully saturated rings. The fraction of sp³-hybridized carbons (Fsp3) is 0. The first-order valence-electron chi connectivity index (χ1n) is 5.26. The first-order valence-corrected chi connectivity index (χ1v) is 5.64. The lowest BCUT2D eigenvalue weighted by Crippen LogP contribution is -2.01. The number of anilines is 3. The van der Waals surface area contributed by atoms with E-state index < -0.39 is 0 Å². The molecule has 0 amide bonds. The van der Waals surface area contributed by atoms with Crippen LogP contribution in [0.2, 0.25) is 5.02 Å². The zero-order chi connectivity index (χ0) is 13.8. The van der Waals surface area contributed by atoms with Gasteiger partial charge in [0.2, 0.25) is 0 Å². The van der Waals surface area contributed by atoms with Gasteiger partial charge in [-0.1, -0.05) is 11.6 Å². The number of aromatic nitrogens is 1. The van der Waals surface area contributed by atoms with Gasteiger partial charge in [-0.05, 0) is 24.3 Å². The average molecular weight is 270 g/mol. The SMILES string of the molecule is N#Cc1cnc(Nc2cc(Cl)ccc2C#N)c(N)c1. The highest BCUT2D eigenvalue weighted by Gasteiger charge is 2.07. The minimum absolute atomic E-state index is 0.322. The second-order valence-corrected chi connectivity index (χ2v) is 4.14. The molecule has 0 bridgehead atoms. The maximum absolute atomic E-state index is 9.01. The summed E-state index contributed by atoms with van der Waals surface area (Å²) in [6.07, 6.45) is 1.40. The Hall–Kier alpha value is -2.76. The van der Waals surface area contributed by atoms with Gasteiger partial charge in [-0.15, -0.1) is 0 Å². The number of rotatable bonds is 2. The maximum atomic E-state index is 9.01. The van der Waals surface area contributed by atoms with Crippen LogP contribution in [0.5, 0.6) is 0 Å². The molecule has 2 rings (SSSR count). The Labute approximate surface area is 114 Å². The Bertz CT molecular complexity index is 712. The molecule has 0 unspecified atom stereocenters. The van der Waals surface area contributed by atoms with Gasteiger partial charge in [0.25, 0.3) is 0 Å². The summed E-state index contributed by atoms with van der Waals surface area (Å²) in [5, 5.41) is 21.2. The van der Waals surface area contributed by atoms with Crippen LogP contribution in [-0.4, -0.2) is 4.98 Å². The smallest absolute Gasteiger partial charge is 0.153 e. The first kappa shape index (κ1) is 12.7. The number of hydrogen-bond donors (Lipinski definition) is 2. The van der Waals surface area contributed by atoms with Crippen LogP contribution in [0, 0.1) is 22.7 Å². The van der Waals surface area contributed by atoms with Crippen LogP contribution in [0.25, 0.3) is 0 Å². The fourth-order valence-electron chi connectivity index (χ4n) is 1.49. The number of nitriles is 2. The standard InChI is InChI=1S/C13H8ClN5/c14-10-2-1-9(6-16)12(4-10)19-13-11(17)3-8(5-15)7-18-13/h1-4,7H,17H2,(H,18,19). The molecule has 19 heavy (non-hydrogen) atoms. The van der Waals surface area contributed by atoms with Gasteiger partial charge in [0.15, 0.2) is 5.82 Å². The molecule has 0 radical (unpaired) electrons. The van der Waals surface area contributed by atoms with Crippen molar-refractivity contribution in [3.63, 3.8) is 0 Å². The van der Waals surface area contributed by atoms with Crippen molar-refractivity contribution in [2.75, 3.05) is 11.1 Å². The maximum Gasteiger partial charge on any atom is 0.153 e. The van der Waals surface area contributed by atoms with E-state index in [2.05, 4.69) is 10.3 Å². The summed E-state index contributed by atoms with van der Waals surface area (Å²) in [4.78, 5) is 4.04. The molecule has 0 aliphatic carbocycles. The van der Waals surface area contributed by atoms with Crippen molar-refractivity contribution in [1.29, 1.82) is 10.5 Å². The molecular formula is C13H8ClN5. The van der Waals surface area contributed by atoms with E-state index in [1.54, 1.807) is 18.2 Å². The quantitative estimate of drug-likeness (QED) is 0.873. The molecular weight excluding hydrogens is 262 g/mol. The molecule has 0 aliphatic heterocycles. The van der Waals surface area contributed by atoms with E-state index in [9.17, 15) is 0 Å². The lowest BCUT2D eigenvalue weighted by Gasteiger charge is -2.10. The molecule has 1 aromatic heterocycles. The number of nitrogens with two attached hydrogens (primary N) is 1. The van der Waals surface area contributed by atoms with Crippen LogP contribution < -0.4 is 11.1 Å². The molecule has 0 saturated heterocycles. The van der Waals surface area contributed by atoms with E-state index in [4.69, 9.17) is 27.9 Å². The van der Waals surface area contributed by atoms with Crippen LogP contribution >= 0.6 is 11.6 Å². The molecule has 0 saturated carbocycles. The van der Waals surface area contributed by atoms with Crippen molar-refractivity contribution < 1.29 is 0 Å². The van der Waals surface area contributed by atoms with Gasteiger partial charge in [-0.2, -0.15) is 10.5 Å². The van der Waals surface area contributed by atoms with Crippen LogP contribution in [-0.2, 0) is 0 Å². The van der Waals surface area contributed by atoms with Crippen LogP contribution in [0.3, 0.4) is 0 Å². The number of hydrogen-bond acceptors (Lipinski definition) is 5. The van der Waals surface area contributed by atoms with Crippen LogP contribution in [0.4, 0.5) is 17.2 Å². The van der Waals surface area contributed by atoms with Crippen molar-refractivity contribution in [3.8, 4) is 12.1 Å². The third-order valence-corrected chi connectivity index (χ3v) is 2.64. The van der Waals surface area contributed by atoms with Gasteiger partial charge >= 0.3 is 0 Å². The minimum Gasteiger partial charge on any atom is -0.396 e.